The summed E-state index contributed by atoms with van der Waals surface area (Å²) in [6, 6.07) is 8.01. The van der Waals surface area contributed by atoms with Gasteiger partial charge in [-0.05, 0) is 68.8 Å². The van der Waals surface area contributed by atoms with Gasteiger partial charge in [0.1, 0.15) is 0 Å². The Morgan fingerprint density at radius 1 is 1.30 bits per heavy atom. The highest BCUT2D eigenvalue weighted by Crippen LogP contribution is 2.40. The van der Waals surface area contributed by atoms with Crippen LogP contribution in [-0.4, -0.2) is 19.1 Å². The van der Waals surface area contributed by atoms with Crippen molar-refractivity contribution >= 4 is 21.6 Å². The highest BCUT2D eigenvalue weighted by molar-refractivity contribution is 9.10. The van der Waals surface area contributed by atoms with E-state index in [1.165, 1.54) is 48.0 Å². The van der Waals surface area contributed by atoms with Crippen molar-refractivity contribution in [2.45, 2.75) is 51.6 Å². The van der Waals surface area contributed by atoms with Crippen LogP contribution in [0.15, 0.2) is 22.7 Å². The number of hydrogen-bond donors (Lipinski definition) is 1. The number of nitrogens with one attached hydrogen (secondary N) is 1. The molecule has 1 aromatic carbocycles. The first-order valence-corrected chi connectivity index (χ1v) is 8.77. The van der Waals surface area contributed by atoms with Crippen LogP contribution in [-0.2, 0) is 0 Å². The second-order valence-corrected chi connectivity index (χ2v) is 7.23. The van der Waals surface area contributed by atoms with Gasteiger partial charge in [0.15, 0.2) is 0 Å². The highest BCUT2D eigenvalue weighted by atomic mass is 79.9. The van der Waals surface area contributed by atoms with Gasteiger partial charge in [-0.1, -0.05) is 22.9 Å². The zero-order valence-electron chi connectivity index (χ0n) is 12.5. The summed E-state index contributed by atoms with van der Waals surface area (Å²) in [6.45, 7) is 6.73. The van der Waals surface area contributed by atoms with Crippen LogP contribution in [0, 0.1) is 5.92 Å². The third kappa shape index (κ3) is 3.37. The van der Waals surface area contributed by atoms with Gasteiger partial charge in [0, 0.05) is 28.8 Å². The molecule has 0 aliphatic heterocycles. The van der Waals surface area contributed by atoms with Crippen molar-refractivity contribution in [3.8, 4) is 0 Å². The number of rotatable bonds is 7. The quantitative estimate of drug-likeness (QED) is 0.788. The Kier molecular flexibility index (Phi) is 4.37. The third-order valence-corrected chi connectivity index (χ3v) is 4.91. The van der Waals surface area contributed by atoms with E-state index < -0.39 is 0 Å². The van der Waals surface area contributed by atoms with Crippen LogP contribution in [0.1, 0.15) is 51.1 Å². The topological polar surface area (TPSA) is 15.3 Å². The largest absolute Gasteiger partial charge is 0.368 e. The van der Waals surface area contributed by atoms with Crippen LogP contribution >= 0.6 is 15.9 Å². The maximum Gasteiger partial charge on any atom is 0.0418 e. The fourth-order valence-electron chi connectivity index (χ4n) is 2.96. The first-order chi connectivity index (χ1) is 9.69. The van der Waals surface area contributed by atoms with Gasteiger partial charge in [0.25, 0.3) is 0 Å². The maximum atomic E-state index is 3.63. The van der Waals surface area contributed by atoms with E-state index in [9.17, 15) is 0 Å². The zero-order chi connectivity index (χ0) is 14.1. The van der Waals surface area contributed by atoms with E-state index >= 15 is 0 Å². The fourth-order valence-corrected chi connectivity index (χ4v) is 3.34. The number of anilines is 1. The lowest BCUT2D eigenvalue weighted by Crippen LogP contribution is -2.30. The van der Waals surface area contributed by atoms with Gasteiger partial charge < -0.3 is 10.2 Å². The third-order valence-electron chi connectivity index (χ3n) is 4.42. The molecule has 2 nitrogen and oxygen atoms in total. The van der Waals surface area contributed by atoms with Crippen molar-refractivity contribution in [1.29, 1.82) is 0 Å². The number of halogens is 1. The molecule has 0 aromatic heterocycles. The minimum atomic E-state index is 0.410. The summed E-state index contributed by atoms with van der Waals surface area (Å²) in [5.74, 6) is 0.946. The van der Waals surface area contributed by atoms with E-state index in [0.717, 1.165) is 18.5 Å². The minimum Gasteiger partial charge on any atom is -0.368 e. The molecule has 110 valence electrons. The fraction of sp³-hybridized carbons (Fsp3) is 0.647. The lowest BCUT2D eigenvalue weighted by atomic mass is 10.0. The van der Waals surface area contributed by atoms with Crippen LogP contribution in [0.4, 0.5) is 5.69 Å². The van der Waals surface area contributed by atoms with Crippen molar-refractivity contribution < 1.29 is 0 Å². The SMILES string of the molecule is CCNC(C)c1cc(Br)ccc1N(CC1CC1)C1CC1. The molecule has 3 heteroatoms. The molecule has 0 saturated heterocycles. The van der Waals surface area contributed by atoms with Crippen LogP contribution in [0.5, 0.6) is 0 Å². The van der Waals surface area contributed by atoms with E-state index in [0.29, 0.717) is 6.04 Å². The molecule has 0 amide bonds. The molecule has 0 bridgehead atoms. The Hall–Kier alpha value is -0.540. The van der Waals surface area contributed by atoms with Gasteiger partial charge >= 0.3 is 0 Å². The average molecular weight is 337 g/mol. The molecule has 1 atom stereocenters. The van der Waals surface area contributed by atoms with Crippen LogP contribution < -0.4 is 10.2 Å². The van der Waals surface area contributed by atoms with E-state index in [1.807, 2.05) is 0 Å². The molecule has 2 aliphatic rings. The van der Waals surface area contributed by atoms with E-state index in [-0.39, 0.29) is 0 Å². The minimum absolute atomic E-state index is 0.410. The van der Waals surface area contributed by atoms with Gasteiger partial charge in [-0.2, -0.15) is 0 Å². The van der Waals surface area contributed by atoms with E-state index in [1.54, 1.807) is 0 Å². The van der Waals surface area contributed by atoms with Crippen molar-refractivity contribution in [2.75, 3.05) is 18.0 Å². The Balaban J connectivity index is 1.88. The molecule has 0 spiro atoms. The second kappa shape index (κ2) is 6.07. The normalized spacial score (nSPS) is 19.9. The predicted octanol–water partition coefficient (Wildman–Crippen LogP) is 4.50. The van der Waals surface area contributed by atoms with Gasteiger partial charge in [0.2, 0.25) is 0 Å². The summed E-state index contributed by atoms with van der Waals surface area (Å²) in [5.41, 5.74) is 2.89. The summed E-state index contributed by atoms with van der Waals surface area (Å²) in [6.07, 6.45) is 5.60. The molecule has 3 rings (SSSR count). The summed E-state index contributed by atoms with van der Waals surface area (Å²) in [5, 5.41) is 3.57. The average Bonchev–Trinajstić information content (AvgIpc) is 3.29. The summed E-state index contributed by atoms with van der Waals surface area (Å²) in [4.78, 5) is 2.69. The first-order valence-electron chi connectivity index (χ1n) is 7.98. The Morgan fingerprint density at radius 2 is 2.05 bits per heavy atom. The standard InChI is InChI=1S/C17H25BrN2/c1-3-19-12(2)16-10-14(18)6-9-17(16)20(15-7-8-15)11-13-4-5-13/h6,9-10,12-13,15,19H,3-5,7-8,11H2,1-2H3. The monoisotopic (exact) mass is 336 g/mol. The zero-order valence-corrected chi connectivity index (χ0v) is 14.1. The second-order valence-electron chi connectivity index (χ2n) is 6.31. The number of hydrogen-bond acceptors (Lipinski definition) is 2. The van der Waals surface area contributed by atoms with Crippen LogP contribution in [0.3, 0.4) is 0 Å². The molecule has 20 heavy (non-hydrogen) atoms. The summed E-state index contributed by atoms with van der Waals surface area (Å²) < 4.78 is 1.18. The lowest BCUT2D eigenvalue weighted by molar-refractivity contribution is 0.593. The Bertz CT molecular complexity index is 466. The smallest absolute Gasteiger partial charge is 0.0418 e. The van der Waals surface area contributed by atoms with Gasteiger partial charge in [0.05, 0.1) is 0 Å². The van der Waals surface area contributed by atoms with Crippen LogP contribution in [0.25, 0.3) is 0 Å². The molecular formula is C17H25BrN2. The van der Waals surface area contributed by atoms with Crippen molar-refractivity contribution in [3.05, 3.63) is 28.2 Å². The molecule has 2 fully saturated rings. The first kappa shape index (κ1) is 14.4. The highest BCUT2D eigenvalue weighted by Gasteiger charge is 2.35. The molecule has 0 heterocycles. The molecule has 2 aliphatic carbocycles. The molecule has 2 saturated carbocycles. The molecule has 0 radical (unpaired) electrons. The van der Waals surface area contributed by atoms with Crippen molar-refractivity contribution in [3.63, 3.8) is 0 Å². The Labute approximate surface area is 131 Å². The van der Waals surface area contributed by atoms with Crippen molar-refractivity contribution in [2.24, 2.45) is 5.92 Å². The number of benzene rings is 1. The van der Waals surface area contributed by atoms with Gasteiger partial charge in [-0.3, -0.25) is 0 Å². The van der Waals surface area contributed by atoms with Gasteiger partial charge in [-0.25, -0.2) is 0 Å². The lowest BCUT2D eigenvalue weighted by Gasteiger charge is -2.29. The van der Waals surface area contributed by atoms with E-state index in [4.69, 9.17) is 0 Å². The van der Waals surface area contributed by atoms with Crippen molar-refractivity contribution in [1.82, 2.24) is 5.32 Å². The predicted molar refractivity (Wildman–Crippen MR) is 89.3 cm³/mol. The molecule has 1 aromatic rings. The molecule has 1 N–H and O–H groups in total. The van der Waals surface area contributed by atoms with E-state index in [2.05, 4.69) is 58.2 Å². The summed E-state index contributed by atoms with van der Waals surface area (Å²) in [7, 11) is 0. The van der Waals surface area contributed by atoms with Crippen LogP contribution in [0.2, 0.25) is 0 Å². The Morgan fingerprint density at radius 3 is 2.65 bits per heavy atom. The van der Waals surface area contributed by atoms with Gasteiger partial charge in [-0.15, -0.1) is 0 Å². The molecule has 1 unspecified atom stereocenters. The number of nitrogens with zero attached hydrogens (tertiary/aromatic N) is 1. The summed E-state index contributed by atoms with van der Waals surface area (Å²) >= 11 is 3.63. The maximum absolute atomic E-state index is 3.63. The molecular weight excluding hydrogens is 312 g/mol.